The molecule has 0 aliphatic heterocycles. The van der Waals surface area contributed by atoms with Gasteiger partial charge in [0.1, 0.15) is 0 Å². The summed E-state index contributed by atoms with van der Waals surface area (Å²) in [4.78, 5) is 0. The number of benzene rings is 1. The zero-order valence-electron chi connectivity index (χ0n) is 8.23. The summed E-state index contributed by atoms with van der Waals surface area (Å²) >= 11 is 0. The van der Waals surface area contributed by atoms with Crippen LogP contribution >= 0.6 is 0 Å². The van der Waals surface area contributed by atoms with Gasteiger partial charge in [0.15, 0.2) is 0 Å². The highest BCUT2D eigenvalue weighted by Gasteiger charge is 2.16. The highest BCUT2D eigenvalue weighted by atomic mass is 16.5. The van der Waals surface area contributed by atoms with E-state index in [2.05, 4.69) is 6.92 Å². The van der Waals surface area contributed by atoms with E-state index in [9.17, 15) is 0 Å². The van der Waals surface area contributed by atoms with Crippen LogP contribution in [0.2, 0.25) is 0 Å². The molecule has 1 aromatic rings. The van der Waals surface area contributed by atoms with Gasteiger partial charge in [-0.25, -0.2) is 0 Å². The van der Waals surface area contributed by atoms with Crippen molar-refractivity contribution < 1.29 is 4.74 Å². The van der Waals surface area contributed by atoms with Crippen molar-refractivity contribution in [3.05, 3.63) is 35.9 Å². The first kappa shape index (κ1) is 10.2. The molecular weight excluding hydrogens is 162 g/mol. The van der Waals surface area contributed by atoms with Gasteiger partial charge in [0.25, 0.3) is 0 Å². The maximum absolute atomic E-state index is 6.04. The minimum Gasteiger partial charge on any atom is -0.379 e. The van der Waals surface area contributed by atoms with Crippen molar-refractivity contribution >= 4 is 0 Å². The van der Waals surface area contributed by atoms with Crippen LogP contribution < -0.4 is 5.73 Å². The van der Waals surface area contributed by atoms with Crippen molar-refractivity contribution in [2.75, 3.05) is 7.11 Å². The molecule has 0 radical (unpaired) electrons. The van der Waals surface area contributed by atoms with Crippen molar-refractivity contribution in [2.45, 2.75) is 25.5 Å². The van der Waals surface area contributed by atoms with E-state index < -0.39 is 0 Å². The van der Waals surface area contributed by atoms with Gasteiger partial charge >= 0.3 is 0 Å². The lowest BCUT2D eigenvalue weighted by Gasteiger charge is -2.21. The topological polar surface area (TPSA) is 35.2 Å². The average Bonchev–Trinajstić information content (AvgIpc) is 2.21. The van der Waals surface area contributed by atoms with E-state index in [1.165, 1.54) is 0 Å². The summed E-state index contributed by atoms with van der Waals surface area (Å²) in [6.07, 6.45) is 1.05. The predicted molar refractivity (Wildman–Crippen MR) is 54.5 cm³/mol. The van der Waals surface area contributed by atoms with Crippen LogP contribution in [-0.2, 0) is 4.74 Å². The second-order valence-electron chi connectivity index (χ2n) is 3.12. The number of hydrogen-bond donors (Lipinski definition) is 1. The van der Waals surface area contributed by atoms with E-state index >= 15 is 0 Å². The number of hydrogen-bond acceptors (Lipinski definition) is 2. The first-order valence-corrected chi connectivity index (χ1v) is 4.63. The molecular formula is C11H17NO. The Bertz CT molecular complexity index is 231. The molecule has 2 nitrogen and oxygen atoms in total. The predicted octanol–water partition coefficient (Wildman–Crippen LogP) is 2.11. The van der Waals surface area contributed by atoms with Gasteiger partial charge in [0.2, 0.25) is 0 Å². The standard InChI is InChI=1S/C11H17NO/c1-3-10(13-2)11(12)9-7-5-4-6-8-9/h4-8,10-11H,3,12H2,1-2H3. The summed E-state index contributed by atoms with van der Waals surface area (Å²) in [7, 11) is 1.71. The Labute approximate surface area is 79.7 Å². The van der Waals surface area contributed by atoms with Gasteiger partial charge in [-0.3, -0.25) is 0 Å². The molecule has 0 heterocycles. The Hall–Kier alpha value is -0.860. The zero-order chi connectivity index (χ0) is 9.68. The third kappa shape index (κ3) is 2.54. The fourth-order valence-corrected chi connectivity index (χ4v) is 1.46. The van der Waals surface area contributed by atoms with Crippen LogP contribution in [0.4, 0.5) is 0 Å². The molecule has 0 saturated carbocycles. The normalized spacial score (nSPS) is 15.3. The lowest BCUT2D eigenvalue weighted by molar-refractivity contribution is 0.0772. The quantitative estimate of drug-likeness (QED) is 0.768. The van der Waals surface area contributed by atoms with Crippen molar-refractivity contribution in [1.29, 1.82) is 0 Å². The molecule has 0 aromatic heterocycles. The fraction of sp³-hybridized carbons (Fsp3) is 0.455. The molecule has 13 heavy (non-hydrogen) atoms. The molecule has 2 unspecified atom stereocenters. The summed E-state index contributed by atoms with van der Waals surface area (Å²) in [5.74, 6) is 0. The van der Waals surface area contributed by atoms with Gasteiger partial charge < -0.3 is 10.5 Å². The van der Waals surface area contributed by atoms with E-state index in [0.29, 0.717) is 0 Å². The van der Waals surface area contributed by atoms with Gasteiger partial charge in [-0.2, -0.15) is 0 Å². The van der Waals surface area contributed by atoms with E-state index in [4.69, 9.17) is 10.5 Å². The van der Waals surface area contributed by atoms with Gasteiger partial charge in [0, 0.05) is 7.11 Å². The monoisotopic (exact) mass is 179 g/mol. The minimum absolute atomic E-state index is 0.0174. The maximum Gasteiger partial charge on any atom is 0.0761 e. The molecule has 72 valence electrons. The fourth-order valence-electron chi connectivity index (χ4n) is 1.46. The molecule has 0 aliphatic rings. The molecule has 1 aromatic carbocycles. The Kier molecular flexibility index (Phi) is 3.93. The third-order valence-corrected chi connectivity index (χ3v) is 2.29. The van der Waals surface area contributed by atoms with Gasteiger partial charge in [-0.15, -0.1) is 0 Å². The van der Waals surface area contributed by atoms with Crippen molar-refractivity contribution in [2.24, 2.45) is 5.73 Å². The Morgan fingerprint density at radius 3 is 2.38 bits per heavy atom. The highest BCUT2D eigenvalue weighted by Crippen LogP contribution is 2.17. The van der Waals surface area contributed by atoms with Crippen LogP contribution in [0.3, 0.4) is 0 Å². The minimum atomic E-state index is -0.0174. The van der Waals surface area contributed by atoms with Crippen molar-refractivity contribution in [1.82, 2.24) is 0 Å². The van der Waals surface area contributed by atoms with Crippen LogP contribution in [0, 0.1) is 0 Å². The van der Waals surface area contributed by atoms with Gasteiger partial charge in [0.05, 0.1) is 12.1 Å². The molecule has 2 heteroatoms. The number of ether oxygens (including phenoxy) is 1. The highest BCUT2D eigenvalue weighted by molar-refractivity contribution is 5.19. The smallest absolute Gasteiger partial charge is 0.0761 e. The number of nitrogens with two attached hydrogens (primary N) is 1. The molecule has 2 N–H and O–H groups in total. The van der Waals surface area contributed by atoms with E-state index in [0.717, 1.165) is 12.0 Å². The second-order valence-corrected chi connectivity index (χ2v) is 3.12. The maximum atomic E-state index is 6.04. The summed E-state index contributed by atoms with van der Waals surface area (Å²) in [5.41, 5.74) is 7.17. The van der Waals surface area contributed by atoms with E-state index in [1.54, 1.807) is 7.11 Å². The van der Waals surface area contributed by atoms with Crippen LogP contribution in [0.15, 0.2) is 30.3 Å². The van der Waals surface area contributed by atoms with Crippen LogP contribution in [0.1, 0.15) is 24.9 Å². The Morgan fingerprint density at radius 1 is 1.31 bits per heavy atom. The molecule has 0 bridgehead atoms. The SMILES string of the molecule is CCC(OC)C(N)c1ccccc1. The average molecular weight is 179 g/mol. The summed E-state index contributed by atoms with van der Waals surface area (Å²) in [6.45, 7) is 2.08. The summed E-state index contributed by atoms with van der Waals surface area (Å²) in [5, 5.41) is 0. The number of methoxy groups -OCH3 is 1. The van der Waals surface area contributed by atoms with Crippen LogP contribution in [0.5, 0.6) is 0 Å². The molecule has 0 fully saturated rings. The van der Waals surface area contributed by atoms with Gasteiger partial charge in [-0.05, 0) is 12.0 Å². The Balaban J connectivity index is 2.72. The molecule has 2 atom stereocenters. The van der Waals surface area contributed by atoms with E-state index in [-0.39, 0.29) is 12.1 Å². The van der Waals surface area contributed by atoms with E-state index in [1.807, 2.05) is 30.3 Å². The molecule has 1 rings (SSSR count). The van der Waals surface area contributed by atoms with Crippen molar-refractivity contribution in [3.63, 3.8) is 0 Å². The van der Waals surface area contributed by atoms with Crippen LogP contribution in [-0.4, -0.2) is 13.2 Å². The van der Waals surface area contributed by atoms with Gasteiger partial charge in [-0.1, -0.05) is 37.3 Å². The molecule has 0 amide bonds. The number of rotatable bonds is 4. The molecule has 0 aliphatic carbocycles. The Morgan fingerprint density at radius 2 is 1.92 bits per heavy atom. The first-order valence-electron chi connectivity index (χ1n) is 4.63. The third-order valence-electron chi connectivity index (χ3n) is 2.29. The summed E-state index contributed by atoms with van der Waals surface area (Å²) in [6, 6.07) is 10.0. The largest absolute Gasteiger partial charge is 0.379 e. The zero-order valence-corrected chi connectivity index (χ0v) is 8.23. The second kappa shape index (κ2) is 5.00. The van der Waals surface area contributed by atoms with Crippen molar-refractivity contribution in [3.8, 4) is 0 Å². The van der Waals surface area contributed by atoms with Crippen LogP contribution in [0.25, 0.3) is 0 Å². The lowest BCUT2D eigenvalue weighted by atomic mass is 10.0. The molecule has 0 spiro atoms. The summed E-state index contributed by atoms with van der Waals surface area (Å²) < 4.78 is 5.29. The molecule has 0 saturated heterocycles. The lowest BCUT2D eigenvalue weighted by Crippen LogP contribution is -2.27. The first-order chi connectivity index (χ1) is 6.29.